The summed E-state index contributed by atoms with van der Waals surface area (Å²) in [5.74, 6) is -1.12. The van der Waals surface area contributed by atoms with Gasteiger partial charge in [0.2, 0.25) is 5.91 Å². The number of aliphatic carboxylic acids is 1. The number of thiophene rings is 1. The molecule has 0 aliphatic rings. The van der Waals surface area contributed by atoms with E-state index >= 15 is 0 Å². The van der Waals surface area contributed by atoms with Crippen molar-refractivity contribution < 1.29 is 14.7 Å². The van der Waals surface area contributed by atoms with Crippen molar-refractivity contribution in [3.8, 4) is 0 Å². The molecule has 0 atom stereocenters. The van der Waals surface area contributed by atoms with E-state index in [2.05, 4.69) is 15.9 Å². The van der Waals surface area contributed by atoms with E-state index < -0.39 is 11.4 Å². The number of carbonyl (C=O) groups is 2. The fourth-order valence-corrected chi connectivity index (χ4v) is 2.88. The first-order valence-electron chi connectivity index (χ1n) is 5.44. The molecule has 1 amide bonds. The first-order chi connectivity index (χ1) is 8.22. The molecular weight excluding hydrogens is 318 g/mol. The summed E-state index contributed by atoms with van der Waals surface area (Å²) in [6.45, 7) is 3.62. The standard InChI is InChI=1S/C12H16BrNO3S/c1-12(2,11(16)17)6-10(15)14(3)7-8-4-5-9(13)18-8/h4-5H,6-7H2,1-3H3,(H,16,17). The van der Waals surface area contributed by atoms with E-state index in [1.807, 2.05) is 12.1 Å². The summed E-state index contributed by atoms with van der Waals surface area (Å²) in [5.41, 5.74) is -1.03. The van der Waals surface area contributed by atoms with E-state index in [4.69, 9.17) is 5.11 Å². The molecule has 0 saturated carbocycles. The monoisotopic (exact) mass is 333 g/mol. The second-order valence-electron chi connectivity index (χ2n) is 4.82. The number of hydrogen-bond donors (Lipinski definition) is 1. The highest BCUT2D eigenvalue weighted by Gasteiger charge is 2.31. The van der Waals surface area contributed by atoms with E-state index in [0.717, 1.165) is 8.66 Å². The number of carboxylic acid groups (broad SMARTS) is 1. The van der Waals surface area contributed by atoms with Gasteiger partial charge in [-0.25, -0.2) is 0 Å². The second kappa shape index (κ2) is 5.84. The van der Waals surface area contributed by atoms with Crippen molar-refractivity contribution in [1.29, 1.82) is 0 Å². The summed E-state index contributed by atoms with van der Waals surface area (Å²) >= 11 is 4.93. The lowest BCUT2D eigenvalue weighted by Gasteiger charge is -2.23. The van der Waals surface area contributed by atoms with E-state index in [9.17, 15) is 9.59 Å². The van der Waals surface area contributed by atoms with E-state index in [1.165, 1.54) is 0 Å². The van der Waals surface area contributed by atoms with Gasteiger partial charge in [0.25, 0.3) is 0 Å². The van der Waals surface area contributed by atoms with Gasteiger partial charge < -0.3 is 10.0 Å². The summed E-state index contributed by atoms with van der Waals surface area (Å²) in [7, 11) is 1.69. The summed E-state index contributed by atoms with van der Waals surface area (Å²) in [5, 5.41) is 8.99. The largest absolute Gasteiger partial charge is 0.481 e. The van der Waals surface area contributed by atoms with Crippen LogP contribution in [0.4, 0.5) is 0 Å². The molecule has 1 aromatic rings. The minimum Gasteiger partial charge on any atom is -0.481 e. The third-order valence-corrected chi connectivity index (χ3v) is 4.23. The van der Waals surface area contributed by atoms with E-state index in [1.54, 1.807) is 37.1 Å². The molecular formula is C12H16BrNO3S. The Morgan fingerprint density at radius 2 is 2.06 bits per heavy atom. The van der Waals surface area contributed by atoms with Crippen molar-refractivity contribution in [1.82, 2.24) is 4.90 Å². The average molecular weight is 334 g/mol. The topological polar surface area (TPSA) is 57.6 Å². The predicted octanol–water partition coefficient (Wildman–Crippen LogP) is 2.97. The Morgan fingerprint density at radius 1 is 1.44 bits per heavy atom. The van der Waals surface area contributed by atoms with Gasteiger partial charge in [0.1, 0.15) is 0 Å². The Morgan fingerprint density at radius 3 is 2.50 bits per heavy atom. The number of nitrogens with zero attached hydrogens (tertiary/aromatic N) is 1. The third-order valence-electron chi connectivity index (χ3n) is 2.62. The normalized spacial score (nSPS) is 11.3. The van der Waals surface area contributed by atoms with Crippen LogP contribution in [0.2, 0.25) is 0 Å². The SMILES string of the molecule is CN(Cc1ccc(Br)s1)C(=O)CC(C)(C)C(=O)O. The van der Waals surface area contributed by atoms with Crippen molar-refractivity contribution in [2.24, 2.45) is 5.41 Å². The highest BCUT2D eigenvalue weighted by molar-refractivity contribution is 9.11. The Kier molecular flexibility index (Phi) is 4.92. The summed E-state index contributed by atoms with van der Waals surface area (Å²) < 4.78 is 1.02. The van der Waals surface area contributed by atoms with Gasteiger partial charge in [0, 0.05) is 18.3 Å². The quantitative estimate of drug-likeness (QED) is 0.901. The average Bonchev–Trinajstić information content (AvgIpc) is 2.63. The molecule has 1 rings (SSSR count). The molecule has 1 aromatic heterocycles. The predicted molar refractivity (Wildman–Crippen MR) is 74.5 cm³/mol. The van der Waals surface area contributed by atoms with Crippen LogP contribution in [0.5, 0.6) is 0 Å². The van der Waals surface area contributed by atoms with Crippen LogP contribution in [-0.2, 0) is 16.1 Å². The number of carbonyl (C=O) groups excluding carboxylic acids is 1. The van der Waals surface area contributed by atoms with Crippen LogP contribution in [0.3, 0.4) is 0 Å². The zero-order valence-corrected chi connectivity index (χ0v) is 13.0. The van der Waals surface area contributed by atoms with Crippen LogP contribution in [-0.4, -0.2) is 28.9 Å². The van der Waals surface area contributed by atoms with Gasteiger partial charge >= 0.3 is 5.97 Å². The first-order valence-corrected chi connectivity index (χ1v) is 7.05. The molecule has 6 heteroatoms. The van der Waals surface area contributed by atoms with Gasteiger partial charge in [0.15, 0.2) is 0 Å². The first kappa shape index (κ1) is 15.2. The molecule has 0 aliphatic carbocycles. The Hall–Kier alpha value is -0.880. The number of carboxylic acids is 1. The van der Waals surface area contributed by atoms with Gasteiger partial charge in [-0.3, -0.25) is 9.59 Å². The molecule has 0 unspecified atom stereocenters. The maximum absolute atomic E-state index is 11.9. The Balaban J connectivity index is 2.59. The molecule has 0 aromatic carbocycles. The van der Waals surface area contributed by atoms with Crippen LogP contribution < -0.4 is 0 Å². The number of hydrogen-bond acceptors (Lipinski definition) is 3. The number of halogens is 1. The molecule has 0 aliphatic heterocycles. The molecule has 0 radical (unpaired) electrons. The molecule has 0 bridgehead atoms. The highest BCUT2D eigenvalue weighted by Crippen LogP contribution is 2.25. The minimum absolute atomic E-state index is 0.00534. The van der Waals surface area contributed by atoms with Crippen LogP contribution in [0.25, 0.3) is 0 Å². The molecule has 1 N–H and O–H groups in total. The van der Waals surface area contributed by atoms with Crippen molar-refractivity contribution >= 4 is 39.1 Å². The molecule has 18 heavy (non-hydrogen) atoms. The van der Waals surface area contributed by atoms with E-state index in [-0.39, 0.29) is 12.3 Å². The fraction of sp³-hybridized carbons (Fsp3) is 0.500. The smallest absolute Gasteiger partial charge is 0.309 e. The summed E-state index contributed by atoms with van der Waals surface area (Å²) in [6, 6.07) is 3.88. The highest BCUT2D eigenvalue weighted by atomic mass is 79.9. The summed E-state index contributed by atoms with van der Waals surface area (Å²) in [6.07, 6.45) is 0.00534. The van der Waals surface area contributed by atoms with Crippen LogP contribution >= 0.6 is 27.3 Å². The van der Waals surface area contributed by atoms with Crippen molar-refractivity contribution in [3.63, 3.8) is 0 Å². The molecule has 100 valence electrons. The van der Waals surface area contributed by atoms with Gasteiger partial charge in [-0.15, -0.1) is 11.3 Å². The molecule has 1 heterocycles. The van der Waals surface area contributed by atoms with Crippen LogP contribution in [0, 0.1) is 5.41 Å². The number of amides is 1. The van der Waals surface area contributed by atoms with Gasteiger partial charge in [-0.2, -0.15) is 0 Å². The van der Waals surface area contributed by atoms with E-state index in [0.29, 0.717) is 6.54 Å². The minimum atomic E-state index is -1.03. The zero-order chi connectivity index (χ0) is 13.9. The maximum atomic E-state index is 11.9. The van der Waals surface area contributed by atoms with Gasteiger partial charge in [-0.05, 0) is 41.9 Å². The van der Waals surface area contributed by atoms with Gasteiger partial charge in [-0.1, -0.05) is 0 Å². The molecule has 4 nitrogen and oxygen atoms in total. The van der Waals surface area contributed by atoms with Crippen molar-refractivity contribution in [2.75, 3.05) is 7.05 Å². The molecule has 0 saturated heterocycles. The fourth-order valence-electron chi connectivity index (χ4n) is 1.35. The second-order valence-corrected chi connectivity index (χ2v) is 7.37. The molecule has 0 fully saturated rings. The van der Waals surface area contributed by atoms with Crippen molar-refractivity contribution in [2.45, 2.75) is 26.8 Å². The van der Waals surface area contributed by atoms with Crippen LogP contribution in [0.15, 0.2) is 15.9 Å². The lowest BCUT2D eigenvalue weighted by molar-refractivity contribution is -0.151. The van der Waals surface area contributed by atoms with Gasteiger partial charge in [0.05, 0.1) is 15.7 Å². The van der Waals surface area contributed by atoms with Crippen molar-refractivity contribution in [3.05, 3.63) is 20.8 Å². The Labute approximate surface area is 119 Å². The lowest BCUT2D eigenvalue weighted by Crippen LogP contribution is -2.34. The zero-order valence-electron chi connectivity index (χ0n) is 10.6. The molecule has 0 spiro atoms. The maximum Gasteiger partial charge on any atom is 0.309 e. The lowest BCUT2D eigenvalue weighted by atomic mass is 9.89. The van der Waals surface area contributed by atoms with Crippen LogP contribution in [0.1, 0.15) is 25.1 Å². The third kappa shape index (κ3) is 4.10. The number of rotatable bonds is 5. The Bertz CT molecular complexity index is 456. The summed E-state index contributed by atoms with van der Waals surface area (Å²) in [4.78, 5) is 25.5.